The fourth-order valence-electron chi connectivity index (χ4n) is 1.49. The van der Waals surface area contributed by atoms with E-state index in [1.807, 2.05) is 0 Å². The first-order chi connectivity index (χ1) is 8.02. The van der Waals surface area contributed by atoms with Crippen LogP contribution in [0.4, 0.5) is 0 Å². The van der Waals surface area contributed by atoms with Crippen LogP contribution in [0.1, 0.15) is 37.0 Å². The highest BCUT2D eigenvalue weighted by Crippen LogP contribution is 2.26. The van der Waals surface area contributed by atoms with Gasteiger partial charge in [-0.05, 0) is 25.1 Å². The highest BCUT2D eigenvalue weighted by molar-refractivity contribution is 6.43. The molecular formula is C13H17Cl2NO. The zero-order valence-corrected chi connectivity index (χ0v) is 11.6. The van der Waals surface area contributed by atoms with E-state index in [9.17, 15) is 4.79 Å². The highest BCUT2D eigenvalue weighted by Gasteiger charge is 2.11. The standard InChI is InChI=1S/C13H17Cl2NO/c1-9(2)16-8-4-7-12(17)10-5-3-6-11(14)13(10)15/h3,5-6,9,16H,4,7-8H2,1-2H3. The van der Waals surface area contributed by atoms with Crippen LogP contribution in [0.15, 0.2) is 18.2 Å². The maximum Gasteiger partial charge on any atom is 0.164 e. The van der Waals surface area contributed by atoms with Gasteiger partial charge < -0.3 is 5.32 Å². The van der Waals surface area contributed by atoms with E-state index in [4.69, 9.17) is 23.2 Å². The third-order valence-corrected chi connectivity index (χ3v) is 3.20. The van der Waals surface area contributed by atoms with Crippen molar-refractivity contribution in [3.05, 3.63) is 33.8 Å². The number of rotatable bonds is 6. The van der Waals surface area contributed by atoms with Crippen LogP contribution in [0.5, 0.6) is 0 Å². The summed E-state index contributed by atoms with van der Waals surface area (Å²) in [4.78, 5) is 11.9. The SMILES string of the molecule is CC(C)NCCCC(=O)c1cccc(Cl)c1Cl. The minimum atomic E-state index is 0.0445. The molecule has 0 saturated carbocycles. The summed E-state index contributed by atoms with van der Waals surface area (Å²) in [6.45, 7) is 4.99. The van der Waals surface area contributed by atoms with Crippen LogP contribution < -0.4 is 5.32 Å². The Kier molecular flexibility index (Phi) is 5.96. The second-order valence-electron chi connectivity index (χ2n) is 4.24. The molecule has 0 saturated heterocycles. The first-order valence-electron chi connectivity index (χ1n) is 5.73. The predicted molar refractivity (Wildman–Crippen MR) is 73.2 cm³/mol. The smallest absolute Gasteiger partial charge is 0.164 e. The van der Waals surface area contributed by atoms with Crippen LogP contribution in [0, 0.1) is 0 Å². The van der Waals surface area contributed by atoms with Crippen molar-refractivity contribution in [2.24, 2.45) is 0 Å². The van der Waals surface area contributed by atoms with E-state index in [1.54, 1.807) is 18.2 Å². The molecule has 0 heterocycles. The summed E-state index contributed by atoms with van der Waals surface area (Å²) in [7, 11) is 0. The number of halogens is 2. The number of carbonyl (C=O) groups is 1. The molecule has 0 unspecified atom stereocenters. The molecule has 17 heavy (non-hydrogen) atoms. The minimum Gasteiger partial charge on any atom is -0.315 e. The van der Waals surface area contributed by atoms with E-state index in [0.29, 0.717) is 28.1 Å². The van der Waals surface area contributed by atoms with E-state index < -0.39 is 0 Å². The van der Waals surface area contributed by atoms with Crippen molar-refractivity contribution in [3.63, 3.8) is 0 Å². The molecule has 4 heteroatoms. The van der Waals surface area contributed by atoms with Crippen molar-refractivity contribution in [1.29, 1.82) is 0 Å². The Hall–Kier alpha value is -0.570. The molecule has 1 rings (SSSR count). The molecule has 0 amide bonds. The fraction of sp³-hybridized carbons (Fsp3) is 0.462. The second-order valence-corrected chi connectivity index (χ2v) is 5.02. The van der Waals surface area contributed by atoms with E-state index in [2.05, 4.69) is 19.2 Å². The maximum atomic E-state index is 11.9. The molecule has 1 N–H and O–H groups in total. The van der Waals surface area contributed by atoms with E-state index in [1.165, 1.54) is 0 Å². The Balaban J connectivity index is 2.50. The van der Waals surface area contributed by atoms with Crippen LogP contribution in [0.2, 0.25) is 10.0 Å². The van der Waals surface area contributed by atoms with Crippen LogP contribution in [-0.2, 0) is 0 Å². The van der Waals surface area contributed by atoms with Gasteiger partial charge in [0.2, 0.25) is 0 Å². The number of hydrogen-bond donors (Lipinski definition) is 1. The molecule has 0 spiro atoms. The molecule has 0 radical (unpaired) electrons. The summed E-state index contributed by atoms with van der Waals surface area (Å²) in [5, 5.41) is 4.05. The predicted octanol–water partition coefficient (Wildman–Crippen LogP) is 3.95. The molecule has 0 atom stereocenters. The number of carbonyl (C=O) groups excluding carboxylic acids is 1. The van der Waals surface area contributed by atoms with Gasteiger partial charge in [0.15, 0.2) is 5.78 Å². The third-order valence-electron chi connectivity index (χ3n) is 2.39. The monoisotopic (exact) mass is 273 g/mol. The summed E-state index contributed by atoms with van der Waals surface area (Å²) in [5.74, 6) is 0.0445. The van der Waals surface area contributed by atoms with E-state index in [0.717, 1.165) is 13.0 Å². The second kappa shape index (κ2) is 7.00. The Morgan fingerprint density at radius 1 is 1.35 bits per heavy atom. The van der Waals surface area contributed by atoms with Gasteiger partial charge in [0.1, 0.15) is 0 Å². The van der Waals surface area contributed by atoms with Gasteiger partial charge in [-0.2, -0.15) is 0 Å². The van der Waals surface area contributed by atoms with Crippen molar-refractivity contribution in [2.45, 2.75) is 32.7 Å². The summed E-state index contributed by atoms with van der Waals surface area (Å²) in [6, 6.07) is 5.58. The molecule has 0 aliphatic heterocycles. The lowest BCUT2D eigenvalue weighted by atomic mass is 10.1. The molecule has 1 aromatic carbocycles. The van der Waals surface area contributed by atoms with Crippen LogP contribution in [0.3, 0.4) is 0 Å². The Morgan fingerprint density at radius 2 is 2.06 bits per heavy atom. The molecule has 94 valence electrons. The van der Waals surface area contributed by atoms with Crippen molar-refractivity contribution in [2.75, 3.05) is 6.54 Å². The molecule has 0 aliphatic rings. The van der Waals surface area contributed by atoms with Crippen LogP contribution >= 0.6 is 23.2 Å². The average molecular weight is 274 g/mol. The largest absolute Gasteiger partial charge is 0.315 e. The molecule has 0 aliphatic carbocycles. The molecule has 2 nitrogen and oxygen atoms in total. The summed E-state index contributed by atoms with van der Waals surface area (Å²) < 4.78 is 0. The maximum absolute atomic E-state index is 11.9. The normalized spacial score (nSPS) is 10.9. The number of benzene rings is 1. The molecule has 0 aromatic heterocycles. The van der Waals surface area contributed by atoms with E-state index in [-0.39, 0.29) is 5.78 Å². The lowest BCUT2D eigenvalue weighted by molar-refractivity contribution is 0.0980. The number of nitrogens with one attached hydrogen (secondary N) is 1. The Labute approximate surface area is 112 Å². The summed E-state index contributed by atoms with van der Waals surface area (Å²) in [6.07, 6.45) is 1.29. The fourth-order valence-corrected chi connectivity index (χ4v) is 1.90. The van der Waals surface area contributed by atoms with Gasteiger partial charge in [-0.3, -0.25) is 4.79 Å². The van der Waals surface area contributed by atoms with Gasteiger partial charge in [-0.1, -0.05) is 43.1 Å². The van der Waals surface area contributed by atoms with Crippen molar-refractivity contribution in [3.8, 4) is 0 Å². The van der Waals surface area contributed by atoms with Gasteiger partial charge in [0.05, 0.1) is 10.0 Å². The first-order valence-corrected chi connectivity index (χ1v) is 6.48. The first kappa shape index (κ1) is 14.5. The lowest BCUT2D eigenvalue weighted by Gasteiger charge is -2.08. The summed E-state index contributed by atoms with van der Waals surface area (Å²) in [5.41, 5.74) is 0.517. The third kappa shape index (κ3) is 4.66. The van der Waals surface area contributed by atoms with Crippen LogP contribution in [-0.4, -0.2) is 18.4 Å². The topological polar surface area (TPSA) is 29.1 Å². The number of ketones is 1. The molecule has 0 bridgehead atoms. The van der Waals surface area contributed by atoms with Crippen LogP contribution in [0.25, 0.3) is 0 Å². The van der Waals surface area contributed by atoms with E-state index >= 15 is 0 Å². The average Bonchev–Trinajstić information content (AvgIpc) is 2.27. The minimum absolute atomic E-state index is 0.0445. The number of Topliss-reactive ketones (excluding diaryl/α,β-unsaturated/α-hetero) is 1. The quantitative estimate of drug-likeness (QED) is 0.628. The molecular weight excluding hydrogens is 257 g/mol. The van der Waals surface area contributed by atoms with Crippen molar-refractivity contribution in [1.82, 2.24) is 5.32 Å². The highest BCUT2D eigenvalue weighted by atomic mass is 35.5. The zero-order valence-electron chi connectivity index (χ0n) is 10.1. The van der Waals surface area contributed by atoms with Gasteiger partial charge in [0, 0.05) is 18.0 Å². The van der Waals surface area contributed by atoms with Crippen molar-refractivity contribution >= 4 is 29.0 Å². The van der Waals surface area contributed by atoms with Gasteiger partial charge in [0.25, 0.3) is 0 Å². The van der Waals surface area contributed by atoms with Crippen molar-refractivity contribution < 1.29 is 4.79 Å². The zero-order chi connectivity index (χ0) is 12.8. The van der Waals surface area contributed by atoms with Gasteiger partial charge in [-0.25, -0.2) is 0 Å². The lowest BCUT2D eigenvalue weighted by Crippen LogP contribution is -2.24. The molecule has 0 fully saturated rings. The number of hydrogen-bond acceptors (Lipinski definition) is 2. The van der Waals surface area contributed by atoms with Gasteiger partial charge in [-0.15, -0.1) is 0 Å². The Morgan fingerprint density at radius 3 is 2.71 bits per heavy atom. The summed E-state index contributed by atoms with van der Waals surface area (Å²) >= 11 is 11.8. The molecule has 1 aromatic rings. The Bertz CT molecular complexity index is 391. The van der Waals surface area contributed by atoms with Gasteiger partial charge >= 0.3 is 0 Å².